The van der Waals surface area contributed by atoms with Crippen LogP contribution in [0.5, 0.6) is 5.75 Å². The van der Waals surface area contributed by atoms with Gasteiger partial charge in [0.2, 0.25) is 5.95 Å². The number of hydrogen-bond donors (Lipinski definition) is 1. The summed E-state index contributed by atoms with van der Waals surface area (Å²) in [5, 5.41) is 9.39. The summed E-state index contributed by atoms with van der Waals surface area (Å²) >= 11 is 0. The minimum Gasteiger partial charge on any atom is -0.506 e. The Labute approximate surface area is 121 Å². The fourth-order valence-corrected chi connectivity index (χ4v) is 2.29. The van der Waals surface area contributed by atoms with Gasteiger partial charge in [-0.05, 0) is 12.1 Å². The fraction of sp³-hybridized carbons (Fsp3) is 0.286. The van der Waals surface area contributed by atoms with Crippen LogP contribution in [0.3, 0.4) is 0 Å². The number of amides is 1. The van der Waals surface area contributed by atoms with E-state index in [1.807, 2.05) is 4.90 Å². The van der Waals surface area contributed by atoms with Gasteiger partial charge in [0.1, 0.15) is 5.75 Å². The van der Waals surface area contributed by atoms with Crippen LogP contribution < -0.4 is 4.90 Å². The monoisotopic (exact) mass is 285 g/mol. The van der Waals surface area contributed by atoms with Crippen LogP contribution in [-0.2, 0) is 0 Å². The summed E-state index contributed by atoms with van der Waals surface area (Å²) < 4.78 is 0. The predicted molar refractivity (Wildman–Crippen MR) is 76.1 cm³/mol. The molecule has 108 valence electrons. The van der Waals surface area contributed by atoms with Gasteiger partial charge >= 0.3 is 0 Å². The molecule has 1 N–H and O–H groups in total. The van der Waals surface area contributed by atoms with E-state index in [1.54, 1.807) is 23.4 Å². The number of nitrogens with zero attached hydrogens (tertiary/aromatic N) is 5. The van der Waals surface area contributed by atoms with E-state index in [0.717, 1.165) is 0 Å². The standard InChI is InChI=1S/C14H15N5O2/c20-12-8-11(9-15-10-12)13(21)18-4-6-19(7-5-18)14-16-2-1-3-17-14/h1-3,8-10,20H,4-7H2. The average molecular weight is 285 g/mol. The Morgan fingerprint density at radius 3 is 2.48 bits per heavy atom. The van der Waals surface area contributed by atoms with Crippen LogP contribution in [0.4, 0.5) is 5.95 Å². The summed E-state index contributed by atoms with van der Waals surface area (Å²) in [7, 11) is 0. The molecule has 3 heterocycles. The smallest absolute Gasteiger partial charge is 0.255 e. The third-order valence-electron chi connectivity index (χ3n) is 3.37. The highest BCUT2D eigenvalue weighted by atomic mass is 16.3. The minimum absolute atomic E-state index is 0.00262. The molecule has 21 heavy (non-hydrogen) atoms. The van der Waals surface area contributed by atoms with Crippen molar-refractivity contribution in [1.29, 1.82) is 0 Å². The minimum atomic E-state index is -0.118. The Morgan fingerprint density at radius 2 is 1.81 bits per heavy atom. The second-order valence-electron chi connectivity index (χ2n) is 4.76. The van der Waals surface area contributed by atoms with Gasteiger partial charge < -0.3 is 14.9 Å². The molecule has 2 aromatic rings. The Bertz CT molecular complexity index is 626. The number of carbonyl (C=O) groups excluding carboxylic acids is 1. The second-order valence-corrected chi connectivity index (χ2v) is 4.76. The van der Waals surface area contributed by atoms with E-state index in [4.69, 9.17) is 0 Å². The maximum Gasteiger partial charge on any atom is 0.255 e. The molecule has 2 aromatic heterocycles. The molecule has 0 bridgehead atoms. The second kappa shape index (κ2) is 5.74. The first-order valence-corrected chi connectivity index (χ1v) is 6.69. The number of pyridine rings is 1. The molecule has 1 saturated heterocycles. The van der Waals surface area contributed by atoms with Crippen LogP contribution in [0.1, 0.15) is 10.4 Å². The molecule has 0 aliphatic carbocycles. The highest BCUT2D eigenvalue weighted by Gasteiger charge is 2.23. The lowest BCUT2D eigenvalue weighted by Crippen LogP contribution is -2.49. The van der Waals surface area contributed by atoms with Crippen LogP contribution in [-0.4, -0.2) is 57.0 Å². The summed E-state index contributed by atoms with van der Waals surface area (Å²) in [6.45, 7) is 2.55. The molecule has 0 spiro atoms. The molecule has 3 rings (SSSR count). The molecule has 7 nitrogen and oxygen atoms in total. The van der Waals surface area contributed by atoms with Gasteiger partial charge in [-0.2, -0.15) is 0 Å². The van der Waals surface area contributed by atoms with Crippen molar-refractivity contribution < 1.29 is 9.90 Å². The van der Waals surface area contributed by atoms with Crippen LogP contribution in [0.15, 0.2) is 36.9 Å². The van der Waals surface area contributed by atoms with Crippen molar-refractivity contribution in [2.75, 3.05) is 31.1 Å². The molecular formula is C14H15N5O2. The van der Waals surface area contributed by atoms with Crippen molar-refractivity contribution in [2.24, 2.45) is 0 Å². The molecule has 7 heteroatoms. The van der Waals surface area contributed by atoms with Crippen molar-refractivity contribution in [1.82, 2.24) is 19.9 Å². The summed E-state index contributed by atoms with van der Waals surface area (Å²) in [4.78, 5) is 28.4. The van der Waals surface area contributed by atoms with E-state index in [2.05, 4.69) is 15.0 Å². The molecule has 1 aliphatic heterocycles. The zero-order valence-corrected chi connectivity index (χ0v) is 11.4. The number of aromatic nitrogens is 3. The Hall–Kier alpha value is -2.70. The van der Waals surface area contributed by atoms with E-state index >= 15 is 0 Å². The molecule has 1 amide bonds. The molecule has 1 aliphatic rings. The lowest BCUT2D eigenvalue weighted by Gasteiger charge is -2.34. The third kappa shape index (κ3) is 2.91. The molecule has 0 atom stereocenters. The summed E-state index contributed by atoms with van der Waals surface area (Å²) in [6.07, 6.45) is 6.19. The number of piperazine rings is 1. The number of carbonyl (C=O) groups is 1. The Balaban J connectivity index is 1.64. The van der Waals surface area contributed by atoms with Gasteiger partial charge in [0.25, 0.3) is 5.91 Å². The van der Waals surface area contributed by atoms with E-state index in [1.165, 1.54) is 18.5 Å². The van der Waals surface area contributed by atoms with Gasteiger partial charge in [-0.1, -0.05) is 0 Å². The first-order valence-electron chi connectivity index (χ1n) is 6.69. The number of anilines is 1. The van der Waals surface area contributed by atoms with Crippen molar-refractivity contribution in [2.45, 2.75) is 0 Å². The van der Waals surface area contributed by atoms with Crippen LogP contribution in [0, 0.1) is 0 Å². The summed E-state index contributed by atoms with van der Waals surface area (Å²) in [5.74, 6) is 0.563. The van der Waals surface area contributed by atoms with E-state index < -0.39 is 0 Å². The quantitative estimate of drug-likeness (QED) is 0.867. The molecule has 1 fully saturated rings. The first kappa shape index (κ1) is 13.3. The van der Waals surface area contributed by atoms with Gasteiger partial charge in [-0.15, -0.1) is 0 Å². The highest BCUT2D eigenvalue weighted by Crippen LogP contribution is 2.14. The zero-order chi connectivity index (χ0) is 14.7. The summed E-state index contributed by atoms with van der Waals surface area (Å²) in [6, 6.07) is 3.21. The highest BCUT2D eigenvalue weighted by molar-refractivity contribution is 5.94. The topological polar surface area (TPSA) is 82.5 Å². The maximum absolute atomic E-state index is 12.3. The third-order valence-corrected chi connectivity index (χ3v) is 3.37. The van der Waals surface area contributed by atoms with E-state index in [0.29, 0.717) is 37.7 Å². The van der Waals surface area contributed by atoms with Crippen LogP contribution in [0.2, 0.25) is 0 Å². The van der Waals surface area contributed by atoms with Crippen LogP contribution in [0.25, 0.3) is 0 Å². The number of hydrogen-bond acceptors (Lipinski definition) is 6. The number of rotatable bonds is 2. The first-order chi connectivity index (χ1) is 10.2. The lowest BCUT2D eigenvalue weighted by atomic mass is 10.2. The van der Waals surface area contributed by atoms with Gasteiger partial charge in [-0.3, -0.25) is 9.78 Å². The zero-order valence-electron chi connectivity index (χ0n) is 11.4. The fourth-order valence-electron chi connectivity index (χ4n) is 2.29. The average Bonchev–Trinajstić information content (AvgIpc) is 2.55. The lowest BCUT2D eigenvalue weighted by molar-refractivity contribution is 0.0745. The molecule has 0 saturated carbocycles. The van der Waals surface area contributed by atoms with Crippen molar-refractivity contribution in [3.05, 3.63) is 42.5 Å². The largest absolute Gasteiger partial charge is 0.506 e. The van der Waals surface area contributed by atoms with E-state index in [-0.39, 0.29) is 11.7 Å². The molecule has 0 aromatic carbocycles. The maximum atomic E-state index is 12.3. The van der Waals surface area contributed by atoms with Crippen molar-refractivity contribution >= 4 is 11.9 Å². The normalized spacial score (nSPS) is 15.0. The van der Waals surface area contributed by atoms with Gasteiger partial charge in [0.15, 0.2) is 0 Å². The van der Waals surface area contributed by atoms with Crippen molar-refractivity contribution in [3.63, 3.8) is 0 Å². The molecule has 0 radical (unpaired) electrons. The Kier molecular flexibility index (Phi) is 3.63. The van der Waals surface area contributed by atoms with Crippen LogP contribution >= 0.6 is 0 Å². The molecule has 0 unspecified atom stereocenters. The van der Waals surface area contributed by atoms with Gasteiger partial charge in [0, 0.05) is 44.8 Å². The van der Waals surface area contributed by atoms with Crippen molar-refractivity contribution in [3.8, 4) is 5.75 Å². The Morgan fingerprint density at radius 1 is 1.10 bits per heavy atom. The number of aromatic hydroxyl groups is 1. The summed E-state index contributed by atoms with van der Waals surface area (Å²) in [5.41, 5.74) is 0.402. The van der Waals surface area contributed by atoms with Gasteiger partial charge in [-0.25, -0.2) is 9.97 Å². The van der Waals surface area contributed by atoms with E-state index in [9.17, 15) is 9.90 Å². The SMILES string of the molecule is O=C(c1cncc(O)c1)N1CCN(c2ncccn2)CC1. The molecular weight excluding hydrogens is 270 g/mol. The predicted octanol–water partition coefficient (Wildman–Crippen LogP) is 0.540. The van der Waals surface area contributed by atoms with Gasteiger partial charge in [0.05, 0.1) is 11.8 Å².